The van der Waals surface area contributed by atoms with Gasteiger partial charge in [0.05, 0.1) is 6.85 Å². The number of rotatable bonds is 21. The molecule has 616 valence electrons. The van der Waals surface area contributed by atoms with Crippen LogP contribution in [-0.2, 0) is 0 Å². The molecule has 0 N–H and O–H groups in total. The predicted molar refractivity (Wildman–Crippen MR) is 558 cm³/mol. The highest BCUT2D eigenvalue weighted by atomic mass is 32.1. The molecular weight excluding hydrogens is 1610 g/mol. The summed E-state index contributed by atoms with van der Waals surface area (Å²) in [5, 5.41) is 9.41. The highest BCUT2D eigenvalue weighted by molar-refractivity contribution is 7.26. The van der Waals surface area contributed by atoms with Gasteiger partial charge in [-0.25, -0.2) is 0 Å². The maximum Gasteiger partial charge on any atom is 0.0645 e. The van der Waals surface area contributed by atoms with Gasteiger partial charge >= 0.3 is 0 Å². The van der Waals surface area contributed by atoms with Crippen LogP contribution in [0.1, 0.15) is 6.85 Å². The number of anilines is 18. The molecule has 0 saturated carbocycles. The standard InChI is InChI=1S/C62H43N3S.C60H43N3S/c1-5-17-44(18-6-1)49-39-57(63(50-23-7-2-8-24-50)51-25-9-3-10-26-51)41-58(40-49)64(52-27-11-4-12-28-52)55-34-36-61-60(42-55)59-35-33-56(43-62(59)66-61)65(53-31-29-45-19-13-15-21-47(45)37-53)54-32-30-46-20-14-16-22-48(46)38-54;1-6-17-44(18-7-1)46-29-33-51(34-30-46)61(48-21-10-3-11-22-48)53-27-16-28-54(41-53)63(50-25-14-5-15-26-50)55-38-40-59-58(42-55)57-39-37-56(43-60(57)64-59)62(49-23-12-4-13-24-49)52-35-31-47(32-36-52)45-19-8-2-9-20-45/h1-43H;1-43H/i;5D,14D,15D,25D,26D. The lowest BCUT2D eigenvalue weighted by molar-refractivity contribution is 1.25. The zero-order chi connectivity index (χ0) is 90.8. The molecule has 0 aliphatic carbocycles. The Morgan fingerprint density at radius 2 is 0.392 bits per heavy atom. The lowest BCUT2D eigenvalue weighted by atomic mass is 10.0. The van der Waals surface area contributed by atoms with Crippen molar-refractivity contribution in [3.63, 3.8) is 0 Å². The fourth-order valence-corrected chi connectivity index (χ4v) is 20.1. The summed E-state index contributed by atoms with van der Waals surface area (Å²) >= 11 is 3.55. The molecule has 2 heterocycles. The largest absolute Gasteiger partial charge is 0.310 e. The molecule has 0 aliphatic rings. The van der Waals surface area contributed by atoms with Gasteiger partial charge in [-0.3, -0.25) is 0 Å². The number of para-hydroxylation sites is 6. The first kappa shape index (κ1) is 73.7. The topological polar surface area (TPSA) is 19.4 Å². The summed E-state index contributed by atoms with van der Waals surface area (Å²) in [6.45, 7) is 0. The third-order valence-electron chi connectivity index (χ3n) is 24.0. The van der Waals surface area contributed by atoms with Crippen LogP contribution in [0.3, 0.4) is 0 Å². The SMILES string of the molecule is [2H]c1c([2H])c([2H])c(N(c2cccc(N(c3ccccc3)c3ccc(-c4ccccc4)cc3)c2)c2ccc3sc4cc(N(c5ccccc5)c5ccc(-c6ccccc6)cc5)ccc4c3c2)c([2H])c1[2H].c1ccc(-c2cc(N(c3ccccc3)c3ccccc3)cc(N(c3ccccc3)c3ccc4sc5cc(N(c6ccc7ccccc7c6)c6ccc7ccccc7c6)ccc5c4c3)c2)cc1. The van der Waals surface area contributed by atoms with Gasteiger partial charge in [0.15, 0.2) is 0 Å². The van der Waals surface area contributed by atoms with Gasteiger partial charge in [0.1, 0.15) is 0 Å². The lowest BCUT2D eigenvalue weighted by Crippen LogP contribution is -2.13. The first-order valence-electron chi connectivity index (χ1n) is 46.2. The van der Waals surface area contributed by atoms with Crippen LogP contribution in [0.4, 0.5) is 102 Å². The minimum absolute atomic E-state index is 0.0644. The predicted octanol–water partition coefficient (Wildman–Crippen LogP) is 36.2. The van der Waals surface area contributed by atoms with Crippen LogP contribution in [0, 0.1) is 0 Å². The van der Waals surface area contributed by atoms with Crippen LogP contribution in [0.5, 0.6) is 0 Å². The van der Waals surface area contributed by atoms with Crippen molar-refractivity contribution in [3.05, 3.63) is 522 Å². The van der Waals surface area contributed by atoms with Crippen LogP contribution >= 0.6 is 22.7 Å². The number of fused-ring (bicyclic) bond motifs is 8. The van der Waals surface area contributed by atoms with E-state index < -0.39 is 18.1 Å². The Morgan fingerprint density at radius 1 is 0.138 bits per heavy atom. The maximum atomic E-state index is 9.26. The zero-order valence-corrected chi connectivity index (χ0v) is 72.4. The Balaban J connectivity index is 0.000000157. The molecule has 0 amide bonds. The minimum Gasteiger partial charge on any atom is -0.310 e. The third kappa shape index (κ3) is 16.2. The van der Waals surface area contributed by atoms with E-state index in [-0.39, 0.29) is 17.8 Å². The van der Waals surface area contributed by atoms with E-state index in [1.54, 1.807) is 16.2 Å². The Morgan fingerprint density at radius 3 is 0.785 bits per heavy atom. The van der Waals surface area contributed by atoms with Gasteiger partial charge < -0.3 is 29.4 Å². The van der Waals surface area contributed by atoms with E-state index in [9.17, 15) is 2.74 Å². The van der Waals surface area contributed by atoms with E-state index >= 15 is 0 Å². The maximum absolute atomic E-state index is 9.26. The van der Waals surface area contributed by atoms with Crippen LogP contribution < -0.4 is 29.4 Å². The molecule has 0 spiro atoms. The highest BCUT2D eigenvalue weighted by Crippen LogP contribution is 2.50. The van der Waals surface area contributed by atoms with Gasteiger partial charge in [0, 0.05) is 143 Å². The molecule has 0 radical (unpaired) electrons. The van der Waals surface area contributed by atoms with Crippen molar-refractivity contribution in [2.24, 2.45) is 0 Å². The van der Waals surface area contributed by atoms with Crippen molar-refractivity contribution < 1.29 is 6.85 Å². The molecule has 130 heavy (non-hydrogen) atoms. The Hall–Kier alpha value is -16.6. The Kier molecular flexibility index (Phi) is 20.3. The fourth-order valence-electron chi connectivity index (χ4n) is 17.9. The minimum atomic E-state index is -0.441. The molecule has 0 bridgehead atoms. The second-order valence-corrected chi connectivity index (χ2v) is 34.3. The smallest absolute Gasteiger partial charge is 0.0645 e. The summed E-state index contributed by atoms with van der Waals surface area (Å²) in [5.74, 6) is 0. The molecule has 23 rings (SSSR count). The number of thiophene rings is 2. The molecule has 6 nitrogen and oxygen atoms in total. The van der Waals surface area contributed by atoms with E-state index in [0.717, 1.165) is 133 Å². The normalized spacial score (nSPS) is 11.8. The Bertz CT molecular complexity index is 8100. The van der Waals surface area contributed by atoms with Crippen molar-refractivity contribution in [3.8, 4) is 33.4 Å². The summed E-state index contributed by atoms with van der Waals surface area (Å²) in [5.41, 5.74) is 23.9. The number of hydrogen-bond donors (Lipinski definition) is 0. The summed E-state index contributed by atoms with van der Waals surface area (Å²) in [4.78, 5) is 13.4. The van der Waals surface area contributed by atoms with E-state index in [1.165, 1.54) is 47.3 Å². The molecule has 0 aliphatic heterocycles. The average Bonchev–Trinajstić information content (AvgIpc) is 1.69. The molecular formula is C122H86N6S2. The van der Waals surface area contributed by atoms with E-state index in [1.807, 2.05) is 90.2 Å². The van der Waals surface area contributed by atoms with Crippen molar-refractivity contribution in [2.45, 2.75) is 0 Å². The Labute approximate surface area is 772 Å². The van der Waals surface area contributed by atoms with Crippen LogP contribution in [-0.4, -0.2) is 0 Å². The summed E-state index contributed by atoms with van der Waals surface area (Å²) in [7, 11) is 0. The summed E-state index contributed by atoms with van der Waals surface area (Å²) in [6.07, 6.45) is 0. The van der Waals surface area contributed by atoms with E-state index in [0.29, 0.717) is 11.4 Å². The first-order chi connectivity index (χ1) is 66.5. The highest BCUT2D eigenvalue weighted by Gasteiger charge is 2.25. The third-order valence-corrected chi connectivity index (χ3v) is 26.3. The van der Waals surface area contributed by atoms with Gasteiger partial charge in [0.25, 0.3) is 0 Å². The van der Waals surface area contributed by atoms with Crippen LogP contribution in [0.15, 0.2) is 522 Å². The van der Waals surface area contributed by atoms with Gasteiger partial charge in [-0.15, -0.1) is 22.7 Å². The van der Waals surface area contributed by atoms with Gasteiger partial charge in [-0.1, -0.05) is 303 Å². The zero-order valence-electron chi connectivity index (χ0n) is 75.8. The van der Waals surface area contributed by atoms with Gasteiger partial charge in [-0.05, 0) is 273 Å². The monoisotopic (exact) mass is 1700 g/mol. The van der Waals surface area contributed by atoms with Crippen molar-refractivity contribution >= 4 is 187 Å². The molecule has 2 aromatic heterocycles. The summed E-state index contributed by atoms with van der Waals surface area (Å²) in [6, 6.07) is 172. The second-order valence-electron chi connectivity index (χ2n) is 32.1. The first-order valence-corrected chi connectivity index (χ1v) is 45.3. The van der Waals surface area contributed by atoms with Gasteiger partial charge in [0.2, 0.25) is 0 Å². The van der Waals surface area contributed by atoms with Crippen LogP contribution in [0.2, 0.25) is 0 Å². The van der Waals surface area contributed by atoms with Crippen molar-refractivity contribution in [2.75, 3.05) is 29.4 Å². The number of hydrogen-bond acceptors (Lipinski definition) is 8. The number of nitrogens with zero attached hydrogens (tertiary/aromatic N) is 6. The fraction of sp³-hybridized carbons (Fsp3) is 0. The van der Waals surface area contributed by atoms with Crippen molar-refractivity contribution in [1.82, 2.24) is 0 Å². The average molecular weight is 1710 g/mol. The summed E-state index contributed by atoms with van der Waals surface area (Å²) < 4.78 is 49.2. The molecule has 0 fully saturated rings. The molecule has 0 saturated heterocycles. The lowest BCUT2D eigenvalue weighted by Gasteiger charge is -2.30. The quantitative estimate of drug-likeness (QED) is 0.0709. The second kappa shape index (κ2) is 35.8. The molecule has 23 aromatic rings. The molecule has 0 atom stereocenters. The van der Waals surface area contributed by atoms with Crippen molar-refractivity contribution in [1.29, 1.82) is 0 Å². The molecule has 0 unspecified atom stereocenters. The molecule has 21 aromatic carbocycles. The number of benzene rings is 21. The molecule has 8 heteroatoms. The van der Waals surface area contributed by atoms with E-state index in [2.05, 4.69) is 437 Å². The van der Waals surface area contributed by atoms with Gasteiger partial charge in [-0.2, -0.15) is 0 Å². The van der Waals surface area contributed by atoms with Crippen LogP contribution in [0.25, 0.3) is 95.3 Å². The van der Waals surface area contributed by atoms with E-state index in [4.69, 9.17) is 4.11 Å².